The van der Waals surface area contributed by atoms with Crippen LogP contribution >= 0.6 is 0 Å². The van der Waals surface area contributed by atoms with Gasteiger partial charge in [-0.15, -0.1) is 0 Å². The summed E-state index contributed by atoms with van der Waals surface area (Å²) in [6, 6.07) is 21.2. The lowest BCUT2D eigenvalue weighted by molar-refractivity contribution is -0.193. The zero-order chi connectivity index (χ0) is 22.0. The van der Waals surface area contributed by atoms with Crippen molar-refractivity contribution in [2.75, 3.05) is 5.32 Å². The van der Waals surface area contributed by atoms with Crippen molar-refractivity contribution in [1.29, 1.82) is 0 Å². The monoisotopic (exact) mass is 421 g/mol. The molecule has 6 nitrogen and oxygen atoms in total. The van der Waals surface area contributed by atoms with E-state index in [1.54, 1.807) is 0 Å². The van der Waals surface area contributed by atoms with E-state index in [9.17, 15) is 0 Å². The minimum Gasteiger partial charge on any atom is -0.378 e. The van der Waals surface area contributed by atoms with E-state index >= 15 is 0 Å². The first kappa shape index (κ1) is 25.5. The molecule has 2 aromatic rings. The Morgan fingerprint density at radius 2 is 1.45 bits per heavy atom. The number of anilines is 1. The molecule has 31 heavy (non-hydrogen) atoms. The van der Waals surface area contributed by atoms with Gasteiger partial charge in [-0.05, 0) is 55.2 Å². The van der Waals surface area contributed by atoms with Gasteiger partial charge in [0.1, 0.15) is 5.60 Å². The van der Waals surface area contributed by atoms with Gasteiger partial charge < -0.3 is 10.1 Å². The third-order valence-electron chi connectivity index (χ3n) is 5.36. The molecule has 0 aliphatic carbocycles. The highest BCUT2D eigenvalue weighted by molar-refractivity contribution is 5.51. The molecule has 0 saturated heterocycles. The van der Waals surface area contributed by atoms with Gasteiger partial charge in [0.05, 0.1) is 12.1 Å². The van der Waals surface area contributed by atoms with Gasteiger partial charge in [0, 0.05) is 5.69 Å². The molecule has 2 aliphatic rings. The average Bonchev–Trinajstić information content (AvgIpc) is 3.30. The summed E-state index contributed by atoms with van der Waals surface area (Å²) < 4.78 is 6.44. The van der Waals surface area contributed by atoms with Crippen LogP contribution in [0.4, 0.5) is 5.69 Å². The Labute approximate surface area is 182 Å². The Bertz CT molecular complexity index is 902. The Morgan fingerprint density at radius 3 is 1.94 bits per heavy atom. The molecule has 0 saturated carbocycles. The van der Waals surface area contributed by atoms with Gasteiger partial charge in [-0.3, -0.25) is 0 Å². The molecule has 0 spiro atoms. The lowest BCUT2D eigenvalue weighted by Crippen LogP contribution is -2.47. The van der Waals surface area contributed by atoms with Gasteiger partial charge in [0.2, 0.25) is 0 Å². The number of ether oxygens (including phenoxy) is 1. The largest absolute Gasteiger partial charge is 0.378 e. The van der Waals surface area contributed by atoms with Gasteiger partial charge in [-0.25, -0.2) is 0 Å². The van der Waals surface area contributed by atoms with Crippen LogP contribution in [0.3, 0.4) is 0 Å². The lowest BCUT2D eigenvalue weighted by Gasteiger charge is -2.36. The van der Waals surface area contributed by atoms with Crippen molar-refractivity contribution >= 4 is 18.0 Å². The molecule has 2 bridgehead atoms. The number of fused-ring (bicyclic) bond motifs is 2. The van der Waals surface area contributed by atoms with Crippen molar-refractivity contribution in [3.8, 4) is 0 Å². The maximum absolute atomic E-state index is 8.12. The predicted octanol–water partition coefficient (Wildman–Crippen LogP) is 4.22. The summed E-state index contributed by atoms with van der Waals surface area (Å²) in [5, 5.41) is 3.73. The molecule has 2 aliphatic heterocycles. The van der Waals surface area contributed by atoms with Crippen molar-refractivity contribution < 1.29 is 23.9 Å². The second kappa shape index (κ2) is 12.2. The van der Waals surface area contributed by atoms with Gasteiger partial charge >= 0.3 is 12.3 Å². The number of carbonyl (C=O) groups excluding carboxylic acids is 4. The highest BCUT2D eigenvalue weighted by atomic mass is 16.5. The predicted molar refractivity (Wildman–Crippen MR) is 116 cm³/mol. The Morgan fingerprint density at radius 1 is 0.935 bits per heavy atom. The molecule has 0 aromatic heterocycles. The van der Waals surface area contributed by atoms with Crippen LogP contribution in [-0.2, 0) is 30.3 Å². The number of hydrogen-bond donors (Lipinski definition) is 1. The average molecular weight is 421 g/mol. The molecule has 0 radical (unpaired) electrons. The maximum atomic E-state index is 8.12. The molecular formula is C25H27NO5. The van der Waals surface area contributed by atoms with Gasteiger partial charge in [0.15, 0.2) is 0 Å². The van der Waals surface area contributed by atoms with Crippen LogP contribution in [0.2, 0.25) is 0 Å². The van der Waals surface area contributed by atoms with E-state index in [0.29, 0.717) is 0 Å². The number of para-hydroxylation sites is 1. The van der Waals surface area contributed by atoms with E-state index < -0.39 is 0 Å². The van der Waals surface area contributed by atoms with Crippen LogP contribution in [0.25, 0.3) is 0 Å². The SMILES string of the molecule is C.CC1=C(C)C2([C@@H](Cc3ccccc3)Nc3ccccc3)C=CC1O2.O=C=O.O=C=O. The van der Waals surface area contributed by atoms with Gasteiger partial charge in [-0.1, -0.05) is 62.0 Å². The van der Waals surface area contributed by atoms with Crippen molar-refractivity contribution in [2.24, 2.45) is 0 Å². The summed E-state index contributed by atoms with van der Waals surface area (Å²) in [7, 11) is 0. The molecule has 2 aromatic carbocycles. The molecular weight excluding hydrogens is 394 g/mol. The summed E-state index contributed by atoms with van der Waals surface area (Å²) in [4.78, 5) is 32.5. The van der Waals surface area contributed by atoms with Crippen LogP contribution in [0.15, 0.2) is 84.0 Å². The topological polar surface area (TPSA) is 89.5 Å². The van der Waals surface area contributed by atoms with E-state index in [-0.39, 0.29) is 37.5 Å². The molecule has 2 unspecified atom stereocenters. The molecule has 162 valence electrons. The summed E-state index contributed by atoms with van der Waals surface area (Å²) in [6.07, 6.45) is 6.01. The fourth-order valence-corrected chi connectivity index (χ4v) is 3.84. The number of rotatable bonds is 5. The normalized spacial score (nSPS) is 20.6. The van der Waals surface area contributed by atoms with Gasteiger partial charge in [-0.2, -0.15) is 19.2 Å². The van der Waals surface area contributed by atoms with Crippen LogP contribution in [0.1, 0.15) is 26.8 Å². The number of nitrogens with one attached hydrogen (secondary N) is 1. The maximum Gasteiger partial charge on any atom is 0.373 e. The molecule has 0 fully saturated rings. The molecule has 1 N–H and O–H groups in total. The smallest absolute Gasteiger partial charge is 0.373 e. The second-order valence-electron chi connectivity index (χ2n) is 6.92. The van der Waals surface area contributed by atoms with Crippen LogP contribution in [0.5, 0.6) is 0 Å². The summed E-state index contributed by atoms with van der Waals surface area (Å²) in [5.41, 5.74) is 4.80. The highest BCUT2D eigenvalue weighted by Gasteiger charge is 2.50. The van der Waals surface area contributed by atoms with E-state index in [1.807, 2.05) is 6.07 Å². The second-order valence-corrected chi connectivity index (χ2v) is 6.92. The quantitative estimate of drug-likeness (QED) is 0.727. The van der Waals surface area contributed by atoms with E-state index in [4.69, 9.17) is 23.9 Å². The molecule has 6 heteroatoms. The van der Waals surface area contributed by atoms with E-state index in [0.717, 1.165) is 12.1 Å². The highest BCUT2D eigenvalue weighted by Crippen LogP contribution is 2.46. The summed E-state index contributed by atoms with van der Waals surface area (Å²) in [6.45, 7) is 4.40. The van der Waals surface area contributed by atoms with E-state index in [2.05, 4.69) is 85.9 Å². The van der Waals surface area contributed by atoms with Crippen molar-refractivity contribution in [2.45, 2.75) is 45.4 Å². The van der Waals surface area contributed by atoms with Crippen molar-refractivity contribution in [3.63, 3.8) is 0 Å². The van der Waals surface area contributed by atoms with Crippen LogP contribution in [-0.4, -0.2) is 30.0 Å². The third kappa shape index (κ3) is 5.97. The van der Waals surface area contributed by atoms with Crippen molar-refractivity contribution in [3.05, 3.63) is 89.5 Å². The standard InChI is InChI=1S/C22H23NO.2CO2.CH4/c1-16-17(2)22(14-13-20(16)24-22)21(15-18-9-5-3-6-10-18)23-19-11-7-4-8-12-19;2*2-1-3;/h3-14,20-21,23H,15H2,1-2H3;;;1H4/t20?,21-,22?;;;/m1.../s1. The Kier molecular flexibility index (Phi) is 10.0. The fourth-order valence-electron chi connectivity index (χ4n) is 3.84. The Balaban J connectivity index is 0.000000620. The first-order chi connectivity index (χ1) is 14.5. The minimum atomic E-state index is -0.347. The fraction of sp³-hybridized carbons (Fsp3) is 0.280. The lowest BCUT2D eigenvalue weighted by atomic mass is 9.80. The number of benzene rings is 2. The molecule has 3 atom stereocenters. The summed E-state index contributed by atoms with van der Waals surface area (Å²) in [5.74, 6) is 0. The Hall–Kier alpha value is -3.56. The van der Waals surface area contributed by atoms with E-state index in [1.165, 1.54) is 16.7 Å². The zero-order valence-electron chi connectivity index (χ0n) is 16.8. The van der Waals surface area contributed by atoms with Gasteiger partial charge in [0.25, 0.3) is 0 Å². The first-order valence-electron chi connectivity index (χ1n) is 9.41. The number of hydrogen-bond acceptors (Lipinski definition) is 6. The molecule has 4 rings (SSSR count). The minimum absolute atomic E-state index is 0. The zero-order valence-corrected chi connectivity index (χ0v) is 16.8. The van der Waals surface area contributed by atoms with Crippen LogP contribution in [0, 0.1) is 0 Å². The van der Waals surface area contributed by atoms with Crippen molar-refractivity contribution in [1.82, 2.24) is 0 Å². The molecule has 0 amide bonds. The first-order valence-corrected chi connectivity index (χ1v) is 9.41. The molecule has 2 heterocycles. The van der Waals surface area contributed by atoms with Crippen LogP contribution < -0.4 is 5.32 Å². The third-order valence-corrected chi connectivity index (χ3v) is 5.36. The summed E-state index contributed by atoms with van der Waals surface area (Å²) >= 11 is 0.